The zero-order valence-corrected chi connectivity index (χ0v) is 10.3. The molecule has 0 aromatic carbocycles. The third-order valence-electron chi connectivity index (χ3n) is 2.55. The minimum atomic E-state index is 0.695. The summed E-state index contributed by atoms with van der Waals surface area (Å²) >= 11 is 1.86. The molecule has 1 atom stereocenters. The quantitative estimate of drug-likeness (QED) is 0.760. The third kappa shape index (κ3) is 3.81. The van der Waals surface area contributed by atoms with E-state index in [0.717, 1.165) is 6.54 Å². The summed E-state index contributed by atoms with van der Waals surface area (Å²) in [5.74, 6) is 0. The maximum Gasteiger partial charge on any atom is 0.00674 e. The van der Waals surface area contributed by atoms with Crippen molar-refractivity contribution in [2.75, 3.05) is 6.54 Å². The van der Waals surface area contributed by atoms with E-state index in [1.165, 1.54) is 29.7 Å². The first-order valence-corrected chi connectivity index (χ1v) is 6.41. The minimum absolute atomic E-state index is 0.695. The van der Waals surface area contributed by atoms with Crippen molar-refractivity contribution in [1.82, 2.24) is 5.32 Å². The highest BCUT2D eigenvalue weighted by Gasteiger charge is 2.04. The number of hydrogen-bond donors (Lipinski definition) is 1. The van der Waals surface area contributed by atoms with Crippen LogP contribution in [0, 0.1) is 6.92 Å². The number of aryl methyl sites for hydroxylation is 2. The lowest BCUT2D eigenvalue weighted by Crippen LogP contribution is -2.28. The molecule has 0 radical (unpaired) electrons. The first-order valence-electron chi connectivity index (χ1n) is 5.53. The van der Waals surface area contributed by atoms with Gasteiger partial charge in [-0.3, -0.25) is 0 Å². The predicted octanol–water partition coefficient (Wildman–Crippen LogP) is 3.38. The molecule has 0 saturated carbocycles. The van der Waals surface area contributed by atoms with E-state index in [4.69, 9.17) is 0 Å². The Morgan fingerprint density at radius 2 is 2.21 bits per heavy atom. The van der Waals surface area contributed by atoms with Gasteiger partial charge in [-0.15, -0.1) is 11.3 Å². The van der Waals surface area contributed by atoms with Crippen molar-refractivity contribution in [3.05, 3.63) is 21.9 Å². The molecule has 0 aliphatic carbocycles. The van der Waals surface area contributed by atoms with E-state index in [0.29, 0.717) is 6.04 Å². The molecule has 0 fully saturated rings. The van der Waals surface area contributed by atoms with Crippen LogP contribution in [0.2, 0.25) is 0 Å². The van der Waals surface area contributed by atoms with Crippen LogP contribution in [-0.4, -0.2) is 12.6 Å². The van der Waals surface area contributed by atoms with Crippen molar-refractivity contribution in [1.29, 1.82) is 0 Å². The Hall–Kier alpha value is -0.340. The Morgan fingerprint density at radius 3 is 2.71 bits per heavy atom. The lowest BCUT2D eigenvalue weighted by Gasteiger charge is -2.14. The summed E-state index contributed by atoms with van der Waals surface area (Å²) in [4.78, 5) is 1.43. The van der Waals surface area contributed by atoms with Crippen molar-refractivity contribution in [3.8, 4) is 0 Å². The van der Waals surface area contributed by atoms with Crippen LogP contribution in [-0.2, 0) is 6.42 Å². The van der Waals surface area contributed by atoms with E-state index in [9.17, 15) is 0 Å². The molecule has 2 heteroatoms. The SMILES string of the molecule is CCNC(CC)CCc1csc(C)c1. The van der Waals surface area contributed by atoms with Crippen molar-refractivity contribution in [2.45, 2.75) is 46.1 Å². The summed E-state index contributed by atoms with van der Waals surface area (Å²) in [5.41, 5.74) is 1.50. The topological polar surface area (TPSA) is 12.0 Å². The molecule has 1 aromatic rings. The Balaban J connectivity index is 2.31. The molecule has 0 aliphatic rings. The monoisotopic (exact) mass is 211 g/mol. The second-order valence-electron chi connectivity index (χ2n) is 3.77. The average Bonchev–Trinajstić information content (AvgIpc) is 2.59. The van der Waals surface area contributed by atoms with Crippen molar-refractivity contribution in [2.24, 2.45) is 0 Å². The molecule has 0 bridgehead atoms. The molecule has 1 rings (SSSR count). The van der Waals surface area contributed by atoms with Gasteiger partial charge >= 0.3 is 0 Å². The fourth-order valence-corrected chi connectivity index (χ4v) is 2.45. The molecule has 0 aliphatic heterocycles. The summed E-state index contributed by atoms with van der Waals surface area (Å²) in [7, 11) is 0. The normalized spacial score (nSPS) is 13.1. The zero-order chi connectivity index (χ0) is 10.4. The van der Waals surface area contributed by atoms with Crippen LogP contribution < -0.4 is 5.32 Å². The maximum atomic E-state index is 3.51. The van der Waals surface area contributed by atoms with Crippen LogP contribution >= 0.6 is 11.3 Å². The first-order chi connectivity index (χ1) is 6.76. The summed E-state index contributed by atoms with van der Waals surface area (Å²) in [6.45, 7) is 7.69. The molecule has 80 valence electrons. The lowest BCUT2D eigenvalue weighted by molar-refractivity contribution is 0.481. The van der Waals surface area contributed by atoms with Gasteiger partial charge in [-0.1, -0.05) is 13.8 Å². The smallest absolute Gasteiger partial charge is 0.00674 e. The van der Waals surface area contributed by atoms with Gasteiger partial charge in [-0.25, -0.2) is 0 Å². The van der Waals surface area contributed by atoms with Gasteiger partial charge in [0.25, 0.3) is 0 Å². The Kier molecular flexibility index (Phi) is 5.20. The molecule has 0 amide bonds. The van der Waals surface area contributed by atoms with Crippen LogP contribution in [0.25, 0.3) is 0 Å². The highest BCUT2D eigenvalue weighted by molar-refractivity contribution is 7.10. The predicted molar refractivity (Wildman–Crippen MR) is 65.1 cm³/mol. The number of nitrogens with one attached hydrogen (secondary N) is 1. The summed E-state index contributed by atoms with van der Waals surface area (Å²) in [6, 6.07) is 3.00. The van der Waals surface area contributed by atoms with Gasteiger partial charge in [-0.2, -0.15) is 0 Å². The zero-order valence-electron chi connectivity index (χ0n) is 9.47. The van der Waals surface area contributed by atoms with Gasteiger partial charge in [0.15, 0.2) is 0 Å². The van der Waals surface area contributed by atoms with Crippen molar-refractivity contribution >= 4 is 11.3 Å². The Bertz CT molecular complexity index is 255. The lowest BCUT2D eigenvalue weighted by atomic mass is 10.1. The second-order valence-corrected chi connectivity index (χ2v) is 4.88. The van der Waals surface area contributed by atoms with E-state index in [1.807, 2.05) is 11.3 Å². The maximum absolute atomic E-state index is 3.51. The summed E-state index contributed by atoms with van der Waals surface area (Å²) < 4.78 is 0. The molecule has 1 nitrogen and oxygen atoms in total. The van der Waals surface area contributed by atoms with Crippen LogP contribution in [0.3, 0.4) is 0 Å². The second kappa shape index (κ2) is 6.20. The van der Waals surface area contributed by atoms with E-state index in [-0.39, 0.29) is 0 Å². The molecule has 0 saturated heterocycles. The molecule has 1 heterocycles. The summed E-state index contributed by atoms with van der Waals surface area (Å²) in [6.07, 6.45) is 3.72. The molecular formula is C12H21NS. The van der Waals surface area contributed by atoms with Gasteiger partial charge in [0.2, 0.25) is 0 Å². The third-order valence-corrected chi connectivity index (χ3v) is 3.46. The fourth-order valence-electron chi connectivity index (χ4n) is 1.71. The highest BCUT2D eigenvalue weighted by Crippen LogP contribution is 2.15. The summed E-state index contributed by atoms with van der Waals surface area (Å²) in [5, 5.41) is 5.80. The van der Waals surface area contributed by atoms with Crippen LogP contribution in [0.1, 0.15) is 37.1 Å². The van der Waals surface area contributed by atoms with Crippen molar-refractivity contribution in [3.63, 3.8) is 0 Å². The highest BCUT2D eigenvalue weighted by atomic mass is 32.1. The molecule has 1 aromatic heterocycles. The molecular weight excluding hydrogens is 190 g/mol. The minimum Gasteiger partial charge on any atom is -0.314 e. The largest absolute Gasteiger partial charge is 0.314 e. The Morgan fingerprint density at radius 1 is 1.43 bits per heavy atom. The number of rotatable bonds is 6. The van der Waals surface area contributed by atoms with Gasteiger partial charge < -0.3 is 5.32 Å². The molecule has 14 heavy (non-hydrogen) atoms. The molecule has 1 N–H and O–H groups in total. The number of hydrogen-bond acceptors (Lipinski definition) is 2. The van der Waals surface area contributed by atoms with E-state index in [1.54, 1.807) is 0 Å². The van der Waals surface area contributed by atoms with Gasteiger partial charge in [0, 0.05) is 10.9 Å². The Labute approximate surface area is 91.5 Å². The van der Waals surface area contributed by atoms with Gasteiger partial charge in [0.1, 0.15) is 0 Å². The van der Waals surface area contributed by atoms with E-state index < -0.39 is 0 Å². The van der Waals surface area contributed by atoms with Crippen molar-refractivity contribution < 1.29 is 0 Å². The molecule has 0 spiro atoms. The van der Waals surface area contributed by atoms with Crippen LogP contribution in [0.5, 0.6) is 0 Å². The fraction of sp³-hybridized carbons (Fsp3) is 0.667. The standard InChI is InChI=1S/C12H21NS/c1-4-12(13-5-2)7-6-11-8-10(3)14-9-11/h8-9,12-13H,4-7H2,1-3H3. The molecule has 1 unspecified atom stereocenters. The van der Waals surface area contributed by atoms with E-state index in [2.05, 4.69) is 37.5 Å². The van der Waals surface area contributed by atoms with Crippen LogP contribution in [0.4, 0.5) is 0 Å². The number of thiophene rings is 1. The first kappa shape index (κ1) is 11.7. The average molecular weight is 211 g/mol. The van der Waals surface area contributed by atoms with Gasteiger partial charge in [-0.05, 0) is 49.7 Å². The van der Waals surface area contributed by atoms with E-state index >= 15 is 0 Å². The van der Waals surface area contributed by atoms with Gasteiger partial charge in [0.05, 0.1) is 0 Å². The van der Waals surface area contributed by atoms with Crippen LogP contribution in [0.15, 0.2) is 11.4 Å².